The van der Waals surface area contributed by atoms with Crippen LogP contribution in [0.4, 0.5) is 4.39 Å². The number of nitrogens with zero attached hydrogens (tertiary/aromatic N) is 3. The van der Waals surface area contributed by atoms with Crippen molar-refractivity contribution in [1.82, 2.24) is 9.55 Å². The van der Waals surface area contributed by atoms with Crippen LogP contribution >= 0.6 is 0 Å². The van der Waals surface area contributed by atoms with E-state index in [0.717, 1.165) is 23.4 Å². The number of phenolic OH excluding ortho intramolecular Hbond substituents is 1. The molecule has 2 unspecified atom stereocenters. The van der Waals surface area contributed by atoms with Gasteiger partial charge in [0.1, 0.15) is 17.4 Å². The minimum Gasteiger partial charge on any atom is -0.508 e. The largest absolute Gasteiger partial charge is 0.508 e. The molecule has 8 nitrogen and oxygen atoms in total. The average molecular weight is 550 g/mol. The van der Waals surface area contributed by atoms with Gasteiger partial charge < -0.3 is 21.0 Å². The van der Waals surface area contributed by atoms with Crippen LogP contribution in [-0.2, 0) is 0 Å². The maximum absolute atomic E-state index is 14.3. The maximum Gasteiger partial charge on any atom is 0.263 e. The SMILES string of the molecule is COc1cc(-c2cccc3cc(C(C)N=C(N)C(C=N)c4cc(O)cc(F)c4)n(-c4ccccc4)c(=O)c23)ccn1. The van der Waals surface area contributed by atoms with Crippen LogP contribution in [0.3, 0.4) is 0 Å². The van der Waals surface area contributed by atoms with Gasteiger partial charge in [0.15, 0.2) is 0 Å². The molecule has 4 N–H and O–H groups in total. The number of benzene rings is 3. The van der Waals surface area contributed by atoms with Gasteiger partial charge in [-0.25, -0.2) is 9.37 Å². The molecule has 0 aliphatic rings. The Kier molecular flexibility index (Phi) is 7.60. The van der Waals surface area contributed by atoms with Gasteiger partial charge in [0.25, 0.3) is 5.56 Å². The Hall–Kier alpha value is -5.31. The highest BCUT2D eigenvalue weighted by Crippen LogP contribution is 2.31. The van der Waals surface area contributed by atoms with Gasteiger partial charge in [0.05, 0.1) is 30.1 Å². The van der Waals surface area contributed by atoms with Crippen molar-refractivity contribution in [3.8, 4) is 28.4 Å². The highest BCUT2D eigenvalue weighted by atomic mass is 19.1. The molecule has 0 bridgehead atoms. The summed E-state index contributed by atoms with van der Waals surface area (Å²) in [7, 11) is 1.54. The van der Waals surface area contributed by atoms with Gasteiger partial charge in [-0.3, -0.25) is 14.4 Å². The Balaban J connectivity index is 1.70. The first-order valence-electron chi connectivity index (χ1n) is 12.9. The van der Waals surface area contributed by atoms with Crippen LogP contribution in [0, 0.1) is 11.2 Å². The molecule has 0 saturated heterocycles. The molecule has 5 rings (SSSR count). The van der Waals surface area contributed by atoms with E-state index in [2.05, 4.69) is 9.98 Å². The molecule has 0 saturated carbocycles. The molecule has 0 amide bonds. The second-order valence-electron chi connectivity index (χ2n) is 9.52. The molecule has 2 atom stereocenters. The quantitative estimate of drug-likeness (QED) is 0.168. The van der Waals surface area contributed by atoms with Crippen LogP contribution in [0.2, 0.25) is 0 Å². The number of para-hydroxylation sites is 1. The van der Waals surface area contributed by atoms with Gasteiger partial charge in [-0.2, -0.15) is 0 Å². The number of aliphatic imine (C=N–C) groups is 1. The van der Waals surface area contributed by atoms with Crippen molar-refractivity contribution in [1.29, 1.82) is 5.41 Å². The van der Waals surface area contributed by atoms with Crippen molar-refractivity contribution in [3.05, 3.63) is 119 Å². The number of hydrogen-bond acceptors (Lipinski definition) is 6. The van der Waals surface area contributed by atoms with Gasteiger partial charge in [0, 0.05) is 30.2 Å². The molecule has 0 spiro atoms. The van der Waals surface area contributed by atoms with E-state index < -0.39 is 17.8 Å². The maximum atomic E-state index is 14.3. The van der Waals surface area contributed by atoms with E-state index in [1.807, 2.05) is 60.7 Å². The molecular weight excluding hydrogens is 521 g/mol. The summed E-state index contributed by atoms with van der Waals surface area (Å²) in [6, 6.07) is 23.3. The van der Waals surface area contributed by atoms with Crippen molar-refractivity contribution in [2.75, 3.05) is 7.11 Å². The monoisotopic (exact) mass is 549 g/mol. The molecule has 0 aliphatic carbocycles. The van der Waals surface area contributed by atoms with Crippen LogP contribution in [0.5, 0.6) is 11.6 Å². The van der Waals surface area contributed by atoms with E-state index >= 15 is 0 Å². The summed E-state index contributed by atoms with van der Waals surface area (Å²) in [4.78, 5) is 23.1. The van der Waals surface area contributed by atoms with Gasteiger partial charge in [-0.05, 0) is 65.4 Å². The predicted molar refractivity (Wildman–Crippen MR) is 159 cm³/mol. The van der Waals surface area contributed by atoms with Gasteiger partial charge in [-0.15, -0.1) is 0 Å². The molecule has 2 aromatic heterocycles. The number of methoxy groups -OCH3 is 1. The third-order valence-corrected chi connectivity index (χ3v) is 6.86. The fourth-order valence-corrected chi connectivity index (χ4v) is 4.96. The molecule has 0 aliphatic heterocycles. The molecule has 0 fully saturated rings. The standard InChI is InChI=1S/C32H28FN5O3/c1-19(37-31(35)27(18-34)22-13-23(33)17-25(39)14-22)28-15-21-7-6-10-26(20-11-12-36-29(16-20)41-2)30(21)32(40)38(28)24-8-4-3-5-9-24/h3-19,27,34,39H,1-2H3,(H2,35,37). The fourth-order valence-electron chi connectivity index (χ4n) is 4.96. The third-order valence-electron chi connectivity index (χ3n) is 6.86. The molecular formula is C32H28FN5O3. The summed E-state index contributed by atoms with van der Waals surface area (Å²) in [5, 5.41) is 19.0. The first-order valence-corrected chi connectivity index (χ1v) is 12.9. The van der Waals surface area contributed by atoms with E-state index in [1.54, 1.807) is 23.8 Å². The zero-order chi connectivity index (χ0) is 29.1. The zero-order valence-corrected chi connectivity index (χ0v) is 22.5. The molecule has 2 heterocycles. The molecule has 0 radical (unpaired) electrons. The number of phenols is 1. The topological polar surface area (TPSA) is 127 Å². The van der Waals surface area contributed by atoms with Crippen LogP contribution in [0.1, 0.15) is 30.1 Å². The number of amidine groups is 1. The Morgan fingerprint density at radius 3 is 2.59 bits per heavy atom. The minimum atomic E-state index is -0.871. The lowest BCUT2D eigenvalue weighted by Crippen LogP contribution is -2.26. The highest BCUT2D eigenvalue weighted by Gasteiger charge is 2.21. The molecule has 9 heteroatoms. The number of nitrogens with two attached hydrogens (primary N) is 1. The number of rotatable bonds is 8. The fraction of sp³-hybridized carbons (Fsp3) is 0.125. The van der Waals surface area contributed by atoms with Gasteiger partial charge in [0.2, 0.25) is 5.88 Å². The van der Waals surface area contributed by atoms with E-state index in [0.29, 0.717) is 33.6 Å². The van der Waals surface area contributed by atoms with E-state index in [4.69, 9.17) is 15.9 Å². The number of pyridine rings is 2. The van der Waals surface area contributed by atoms with Crippen molar-refractivity contribution >= 4 is 22.8 Å². The second-order valence-corrected chi connectivity index (χ2v) is 9.52. The van der Waals surface area contributed by atoms with Crippen LogP contribution in [0.15, 0.2) is 101 Å². The Morgan fingerprint density at radius 1 is 1.10 bits per heavy atom. The molecule has 5 aromatic rings. The Bertz CT molecular complexity index is 1820. The number of hydrogen-bond donors (Lipinski definition) is 3. The first-order chi connectivity index (χ1) is 19.8. The van der Waals surface area contributed by atoms with Crippen LogP contribution in [-0.4, -0.2) is 33.8 Å². The lowest BCUT2D eigenvalue weighted by Gasteiger charge is -2.20. The lowest BCUT2D eigenvalue weighted by molar-refractivity contribution is 0.398. The zero-order valence-electron chi connectivity index (χ0n) is 22.5. The second kappa shape index (κ2) is 11.4. The highest BCUT2D eigenvalue weighted by molar-refractivity contribution is 6.01. The molecule has 41 heavy (non-hydrogen) atoms. The summed E-state index contributed by atoms with van der Waals surface area (Å²) < 4.78 is 20.9. The van der Waals surface area contributed by atoms with E-state index in [9.17, 15) is 14.3 Å². The van der Waals surface area contributed by atoms with Crippen LogP contribution in [0.25, 0.3) is 27.6 Å². The smallest absolute Gasteiger partial charge is 0.263 e. The summed E-state index contributed by atoms with van der Waals surface area (Å²) >= 11 is 0. The van der Waals surface area contributed by atoms with Crippen molar-refractivity contribution in [2.24, 2.45) is 10.7 Å². The van der Waals surface area contributed by atoms with Gasteiger partial charge in [-0.1, -0.05) is 36.4 Å². The Morgan fingerprint density at radius 2 is 1.88 bits per heavy atom. The molecule has 3 aromatic carbocycles. The molecule has 206 valence electrons. The van der Waals surface area contributed by atoms with Gasteiger partial charge >= 0.3 is 0 Å². The van der Waals surface area contributed by atoms with Crippen molar-refractivity contribution in [3.63, 3.8) is 0 Å². The number of aromatic nitrogens is 2. The van der Waals surface area contributed by atoms with Crippen LogP contribution < -0.4 is 16.0 Å². The summed E-state index contributed by atoms with van der Waals surface area (Å²) in [5.41, 5.74) is 9.15. The Labute approximate surface area is 235 Å². The van der Waals surface area contributed by atoms with E-state index in [-0.39, 0.29) is 17.1 Å². The van der Waals surface area contributed by atoms with Crippen molar-refractivity contribution in [2.45, 2.75) is 18.9 Å². The number of nitrogens with one attached hydrogen (secondary N) is 1. The lowest BCUT2D eigenvalue weighted by atomic mass is 9.97. The normalized spacial score (nSPS) is 13.1. The number of halogens is 1. The summed E-state index contributed by atoms with van der Waals surface area (Å²) in [6.45, 7) is 1.80. The summed E-state index contributed by atoms with van der Waals surface area (Å²) in [6.07, 6.45) is 2.68. The number of aromatic hydroxyl groups is 1. The average Bonchev–Trinajstić information content (AvgIpc) is 2.97. The summed E-state index contributed by atoms with van der Waals surface area (Å²) in [5.74, 6) is -1.32. The first kappa shape index (κ1) is 27.3. The third kappa shape index (κ3) is 5.42. The minimum absolute atomic E-state index is 0.0438. The predicted octanol–water partition coefficient (Wildman–Crippen LogP) is 5.76. The van der Waals surface area contributed by atoms with E-state index in [1.165, 1.54) is 19.2 Å². The number of fused-ring (bicyclic) bond motifs is 1. The van der Waals surface area contributed by atoms with Crippen molar-refractivity contribution < 1.29 is 14.2 Å². The number of ether oxygens (including phenoxy) is 1.